The maximum Gasteiger partial charge on any atom is 0.276 e. The van der Waals surface area contributed by atoms with Crippen molar-refractivity contribution in [3.8, 4) is 0 Å². The van der Waals surface area contributed by atoms with Crippen molar-refractivity contribution in [2.75, 3.05) is 0 Å². The molecular weight excluding hydrogens is 474 g/mol. The minimum absolute atomic E-state index is 0.0620. The van der Waals surface area contributed by atoms with E-state index in [1.807, 2.05) is 6.92 Å². The Bertz CT molecular complexity index is 1600. The van der Waals surface area contributed by atoms with E-state index in [4.69, 9.17) is 0 Å². The lowest BCUT2D eigenvalue weighted by atomic mass is 10.0. The zero-order chi connectivity index (χ0) is 25.2. The number of non-ortho nitro benzene ring substituents is 1. The highest BCUT2D eigenvalue weighted by molar-refractivity contribution is 7.89. The van der Waals surface area contributed by atoms with E-state index in [0.29, 0.717) is 5.56 Å². The molecule has 12 heteroatoms. The van der Waals surface area contributed by atoms with Crippen LogP contribution in [-0.4, -0.2) is 34.1 Å². The van der Waals surface area contributed by atoms with Gasteiger partial charge in [-0.25, -0.2) is 4.98 Å². The van der Waals surface area contributed by atoms with E-state index in [2.05, 4.69) is 19.9 Å². The Morgan fingerprint density at radius 2 is 1.80 bits per heavy atom. The van der Waals surface area contributed by atoms with E-state index in [1.165, 1.54) is 24.3 Å². The van der Waals surface area contributed by atoms with Crippen LogP contribution in [0.25, 0.3) is 11.0 Å². The topological polar surface area (TPSA) is 168 Å². The molecule has 11 nitrogen and oxygen atoms in total. The molecule has 35 heavy (non-hydrogen) atoms. The Labute approximate surface area is 199 Å². The average molecular weight is 494 g/mol. The summed E-state index contributed by atoms with van der Waals surface area (Å²) in [6, 6.07) is 17.9. The Balaban J connectivity index is 1.83. The number of nitro benzene ring substituents is 1. The molecule has 0 spiro atoms. The van der Waals surface area contributed by atoms with Crippen LogP contribution in [0.5, 0.6) is 0 Å². The molecule has 1 aromatic heterocycles. The van der Waals surface area contributed by atoms with Gasteiger partial charge in [0.15, 0.2) is 5.69 Å². The minimum Gasteiger partial charge on any atom is -0.382 e. The third-order valence-corrected chi connectivity index (χ3v) is 6.35. The summed E-state index contributed by atoms with van der Waals surface area (Å²) in [5.74, 6) is 0. The summed E-state index contributed by atoms with van der Waals surface area (Å²) in [4.78, 5) is 32.0. The fourth-order valence-electron chi connectivity index (χ4n) is 3.28. The summed E-state index contributed by atoms with van der Waals surface area (Å²) in [6.07, 6.45) is -1.51. The van der Waals surface area contributed by atoms with Gasteiger partial charge in [-0.2, -0.15) is 18.4 Å². The van der Waals surface area contributed by atoms with E-state index in [1.54, 1.807) is 42.5 Å². The maximum atomic E-state index is 12.9. The molecule has 1 heterocycles. The van der Waals surface area contributed by atoms with Crippen molar-refractivity contribution in [2.45, 2.75) is 17.9 Å². The first kappa shape index (κ1) is 23.7. The minimum atomic E-state index is -4.13. The Morgan fingerprint density at radius 3 is 2.46 bits per heavy atom. The molecule has 178 valence electrons. The number of sulfonamides is 1. The van der Waals surface area contributed by atoms with Gasteiger partial charge in [0.1, 0.15) is 11.8 Å². The number of benzene rings is 3. The summed E-state index contributed by atoms with van der Waals surface area (Å²) in [7, 11) is -4.13. The van der Waals surface area contributed by atoms with Crippen molar-refractivity contribution in [3.05, 3.63) is 110 Å². The summed E-state index contributed by atoms with van der Waals surface area (Å²) >= 11 is 0. The molecule has 4 aromatic rings. The monoisotopic (exact) mass is 493 g/mol. The van der Waals surface area contributed by atoms with E-state index in [0.717, 1.165) is 11.6 Å². The highest BCUT2D eigenvalue weighted by atomic mass is 32.2. The number of nitrogens with one attached hydrogen (secondary N) is 2. The van der Waals surface area contributed by atoms with Gasteiger partial charge in [-0.15, -0.1) is 0 Å². The van der Waals surface area contributed by atoms with E-state index < -0.39 is 26.6 Å². The molecular formula is C23H19N5O6S. The van der Waals surface area contributed by atoms with Gasteiger partial charge in [-0.05, 0) is 30.7 Å². The number of fused-ring (bicyclic) bond motifs is 1. The van der Waals surface area contributed by atoms with Crippen LogP contribution < -0.4 is 10.4 Å². The molecule has 0 fully saturated rings. The molecule has 0 aliphatic rings. The number of H-pyrrole nitrogens is 1. The normalized spacial score (nSPS) is 12.9. The predicted octanol–water partition coefficient (Wildman–Crippen LogP) is 2.56. The molecule has 0 amide bonds. The van der Waals surface area contributed by atoms with Crippen LogP contribution >= 0.6 is 0 Å². The number of rotatable bonds is 7. The molecule has 0 bridgehead atoms. The molecule has 3 aromatic carbocycles. The standard InChI is InChI=1S/C23H19N5O6S/c1-14-7-10-17(11-8-14)35(33,34)27-26-20(22(29)15-5-3-2-4-6-15)21-23(30)25-19-13-16(28(31)32)9-12-18(19)24-21/h2-13,22,27,29H,1H3,(H,25,30)/b26-20+/t22-/m0/s1. The van der Waals surface area contributed by atoms with Crippen LogP contribution in [0.2, 0.25) is 0 Å². The van der Waals surface area contributed by atoms with Crippen molar-refractivity contribution in [1.29, 1.82) is 0 Å². The van der Waals surface area contributed by atoms with Gasteiger partial charge in [-0.3, -0.25) is 14.9 Å². The van der Waals surface area contributed by atoms with E-state index >= 15 is 0 Å². The number of aromatic nitrogens is 2. The van der Waals surface area contributed by atoms with Crippen molar-refractivity contribution in [1.82, 2.24) is 14.8 Å². The van der Waals surface area contributed by atoms with Gasteiger partial charge < -0.3 is 10.1 Å². The lowest BCUT2D eigenvalue weighted by Crippen LogP contribution is -2.29. The van der Waals surface area contributed by atoms with Crippen LogP contribution in [0.15, 0.2) is 87.6 Å². The van der Waals surface area contributed by atoms with Crippen LogP contribution in [0.1, 0.15) is 22.9 Å². The lowest BCUT2D eigenvalue weighted by Gasteiger charge is -2.14. The number of hydrogen-bond donors (Lipinski definition) is 3. The first-order chi connectivity index (χ1) is 16.7. The molecule has 1 atom stereocenters. The SMILES string of the molecule is Cc1ccc(S(=O)(=O)N/N=C(\c2nc3ccc([N+](=O)[O-])cc3[nH]c2=O)[C@@H](O)c2ccccc2)cc1. The molecule has 3 N–H and O–H groups in total. The van der Waals surface area contributed by atoms with Gasteiger partial charge in [-0.1, -0.05) is 48.0 Å². The quantitative estimate of drug-likeness (QED) is 0.202. The van der Waals surface area contributed by atoms with Gasteiger partial charge in [0.2, 0.25) is 0 Å². The lowest BCUT2D eigenvalue weighted by molar-refractivity contribution is -0.384. The first-order valence-corrected chi connectivity index (χ1v) is 11.7. The number of aliphatic hydroxyl groups excluding tert-OH is 1. The van der Waals surface area contributed by atoms with Crippen LogP contribution in [0, 0.1) is 17.0 Å². The Morgan fingerprint density at radius 1 is 1.11 bits per heavy atom. The second-order valence-corrected chi connectivity index (χ2v) is 9.25. The third kappa shape index (κ3) is 5.08. The molecule has 0 saturated heterocycles. The number of nitrogens with zero attached hydrogens (tertiary/aromatic N) is 3. The fraction of sp³-hybridized carbons (Fsp3) is 0.0870. The zero-order valence-corrected chi connectivity index (χ0v) is 19.1. The number of nitro groups is 1. The highest BCUT2D eigenvalue weighted by Crippen LogP contribution is 2.20. The number of hydrogen-bond acceptors (Lipinski definition) is 8. The first-order valence-electron chi connectivity index (χ1n) is 10.2. The predicted molar refractivity (Wildman–Crippen MR) is 128 cm³/mol. The largest absolute Gasteiger partial charge is 0.382 e. The fourth-order valence-corrected chi connectivity index (χ4v) is 4.10. The van der Waals surface area contributed by atoms with Crippen LogP contribution in [-0.2, 0) is 10.0 Å². The second kappa shape index (κ2) is 9.44. The van der Waals surface area contributed by atoms with Crippen molar-refractivity contribution in [2.24, 2.45) is 5.10 Å². The van der Waals surface area contributed by atoms with Crippen LogP contribution in [0.4, 0.5) is 5.69 Å². The summed E-state index contributed by atoms with van der Waals surface area (Å²) in [5.41, 5.74) is -0.289. The summed E-state index contributed by atoms with van der Waals surface area (Å²) in [5, 5.41) is 25.9. The second-order valence-electron chi connectivity index (χ2n) is 7.59. The number of hydrazone groups is 1. The molecule has 0 aliphatic carbocycles. The van der Waals surface area contributed by atoms with Gasteiger partial charge in [0, 0.05) is 12.1 Å². The van der Waals surface area contributed by atoms with Gasteiger partial charge >= 0.3 is 0 Å². The number of aromatic amines is 1. The van der Waals surface area contributed by atoms with Crippen molar-refractivity contribution in [3.63, 3.8) is 0 Å². The molecule has 4 rings (SSSR count). The van der Waals surface area contributed by atoms with Gasteiger partial charge in [0.05, 0.1) is 20.9 Å². The van der Waals surface area contributed by atoms with Crippen LogP contribution in [0.3, 0.4) is 0 Å². The third-order valence-electron chi connectivity index (χ3n) is 5.12. The smallest absolute Gasteiger partial charge is 0.276 e. The zero-order valence-electron chi connectivity index (χ0n) is 18.2. The van der Waals surface area contributed by atoms with E-state index in [9.17, 15) is 28.4 Å². The summed E-state index contributed by atoms with van der Waals surface area (Å²) < 4.78 is 25.5. The maximum absolute atomic E-state index is 12.9. The highest BCUT2D eigenvalue weighted by Gasteiger charge is 2.24. The molecule has 0 unspecified atom stereocenters. The Hall–Kier alpha value is -4.42. The number of aliphatic hydroxyl groups is 1. The summed E-state index contributed by atoms with van der Waals surface area (Å²) in [6.45, 7) is 1.81. The average Bonchev–Trinajstić information content (AvgIpc) is 2.84. The molecule has 0 aliphatic heterocycles. The molecule has 0 radical (unpaired) electrons. The van der Waals surface area contributed by atoms with Crippen molar-refractivity contribution < 1.29 is 18.4 Å². The van der Waals surface area contributed by atoms with Gasteiger partial charge in [0.25, 0.3) is 21.3 Å². The van der Waals surface area contributed by atoms with E-state index in [-0.39, 0.29) is 33.0 Å². The molecule has 0 saturated carbocycles. The Kier molecular flexibility index (Phi) is 6.40. The van der Waals surface area contributed by atoms with Crippen molar-refractivity contribution >= 4 is 32.5 Å². The number of aryl methyl sites for hydroxylation is 1.